The molecule has 1 heterocycles. The maximum atomic E-state index is 12.7. The van der Waals surface area contributed by atoms with Crippen molar-refractivity contribution in [1.82, 2.24) is 14.8 Å². The van der Waals surface area contributed by atoms with E-state index in [1.165, 1.54) is 11.8 Å². The van der Waals surface area contributed by atoms with Gasteiger partial charge in [0, 0.05) is 17.9 Å². The van der Waals surface area contributed by atoms with Crippen molar-refractivity contribution < 1.29 is 9.59 Å². The summed E-state index contributed by atoms with van der Waals surface area (Å²) in [6, 6.07) is 19.7. The van der Waals surface area contributed by atoms with Gasteiger partial charge in [-0.3, -0.25) is 9.59 Å². The Morgan fingerprint density at radius 2 is 1.77 bits per heavy atom. The molecule has 4 rings (SSSR count). The fourth-order valence-electron chi connectivity index (χ4n) is 3.76. The number of carbonyl (C=O) groups excluding carboxylic acids is 2. The van der Waals surface area contributed by atoms with Gasteiger partial charge < -0.3 is 15.2 Å². The molecule has 0 aliphatic carbocycles. The Balaban J connectivity index is 1.38. The van der Waals surface area contributed by atoms with Crippen molar-refractivity contribution in [3.8, 4) is 0 Å². The van der Waals surface area contributed by atoms with E-state index in [1.54, 1.807) is 6.08 Å². The fourth-order valence-corrected chi connectivity index (χ4v) is 4.52. The van der Waals surface area contributed by atoms with Gasteiger partial charge in [0.25, 0.3) is 0 Å². The molecule has 0 spiro atoms. The molecule has 0 radical (unpaired) electrons. The molecule has 0 fully saturated rings. The van der Waals surface area contributed by atoms with E-state index < -0.39 is 0 Å². The molecule has 0 aliphatic heterocycles. The zero-order chi connectivity index (χ0) is 24.8. The number of amides is 2. The molecular weight excluding hydrogens is 458 g/mol. The number of rotatable bonds is 9. The van der Waals surface area contributed by atoms with E-state index in [1.807, 2.05) is 79.1 Å². The highest BCUT2D eigenvalue weighted by atomic mass is 32.2. The van der Waals surface area contributed by atoms with Gasteiger partial charge in [0.2, 0.25) is 11.8 Å². The Bertz CT molecular complexity index is 1400. The Morgan fingerprint density at radius 1 is 0.971 bits per heavy atom. The van der Waals surface area contributed by atoms with Crippen molar-refractivity contribution in [2.24, 2.45) is 0 Å². The smallest absolute Gasteiger partial charge is 0.234 e. The van der Waals surface area contributed by atoms with Crippen molar-refractivity contribution in [1.29, 1.82) is 0 Å². The molecule has 1 aromatic heterocycles. The van der Waals surface area contributed by atoms with Crippen molar-refractivity contribution in [3.05, 3.63) is 90.3 Å². The third-order valence-electron chi connectivity index (χ3n) is 5.45. The molecule has 8 heteroatoms. The van der Waals surface area contributed by atoms with E-state index in [-0.39, 0.29) is 24.0 Å². The average Bonchev–Trinajstić information content (AvgIpc) is 3.20. The summed E-state index contributed by atoms with van der Waals surface area (Å²) in [4.78, 5) is 25.2. The van der Waals surface area contributed by atoms with Crippen LogP contribution in [0.2, 0.25) is 0 Å². The second kappa shape index (κ2) is 11.0. The molecule has 35 heavy (non-hydrogen) atoms. The Kier molecular flexibility index (Phi) is 7.62. The fraction of sp³-hybridized carbons (Fsp3) is 0.185. The minimum Gasteiger partial charge on any atom is -0.325 e. The number of allylic oxidation sites excluding steroid dienone is 1. The van der Waals surface area contributed by atoms with Crippen molar-refractivity contribution in [2.75, 3.05) is 16.4 Å². The third-order valence-corrected chi connectivity index (χ3v) is 6.41. The zero-order valence-electron chi connectivity index (χ0n) is 19.7. The van der Waals surface area contributed by atoms with Gasteiger partial charge in [-0.2, -0.15) is 0 Å². The van der Waals surface area contributed by atoms with Crippen LogP contribution in [0, 0.1) is 13.8 Å². The van der Waals surface area contributed by atoms with Crippen LogP contribution in [0.25, 0.3) is 10.8 Å². The lowest BCUT2D eigenvalue weighted by atomic mass is 10.1. The van der Waals surface area contributed by atoms with Crippen LogP contribution in [0.3, 0.4) is 0 Å². The molecule has 0 saturated carbocycles. The third kappa shape index (κ3) is 6.16. The maximum Gasteiger partial charge on any atom is 0.234 e. The molecular formula is C27H27N5O2S. The summed E-state index contributed by atoms with van der Waals surface area (Å²) >= 11 is 1.27. The van der Waals surface area contributed by atoms with Gasteiger partial charge >= 0.3 is 0 Å². The highest BCUT2D eigenvalue weighted by Gasteiger charge is 2.17. The predicted molar refractivity (Wildman–Crippen MR) is 142 cm³/mol. The molecule has 3 aromatic carbocycles. The first-order valence-electron chi connectivity index (χ1n) is 11.2. The van der Waals surface area contributed by atoms with E-state index in [9.17, 15) is 9.59 Å². The van der Waals surface area contributed by atoms with Crippen LogP contribution in [0.15, 0.2) is 78.5 Å². The largest absolute Gasteiger partial charge is 0.325 e. The van der Waals surface area contributed by atoms with Crippen molar-refractivity contribution in [2.45, 2.75) is 32.0 Å². The number of anilines is 2. The topological polar surface area (TPSA) is 88.9 Å². The molecule has 0 bridgehead atoms. The number of benzene rings is 3. The summed E-state index contributed by atoms with van der Waals surface area (Å²) in [6.45, 7) is 8.20. The van der Waals surface area contributed by atoms with Gasteiger partial charge in [0.15, 0.2) is 5.16 Å². The van der Waals surface area contributed by atoms with Crippen LogP contribution in [0.4, 0.5) is 11.4 Å². The normalized spacial score (nSPS) is 10.8. The van der Waals surface area contributed by atoms with E-state index in [0.717, 1.165) is 33.3 Å². The molecule has 2 amide bonds. The predicted octanol–water partition coefficient (Wildman–Crippen LogP) is 5.15. The number of hydrogen-bond acceptors (Lipinski definition) is 5. The number of nitrogens with one attached hydrogen (secondary N) is 2. The van der Waals surface area contributed by atoms with Crippen LogP contribution in [0.1, 0.15) is 17.0 Å². The molecule has 4 aromatic rings. The number of hydrogen-bond donors (Lipinski definition) is 2. The molecule has 0 saturated heterocycles. The summed E-state index contributed by atoms with van der Waals surface area (Å²) in [5.41, 5.74) is 3.65. The van der Waals surface area contributed by atoms with Gasteiger partial charge in [-0.05, 0) is 48.4 Å². The first-order valence-corrected chi connectivity index (χ1v) is 12.2. The van der Waals surface area contributed by atoms with Gasteiger partial charge in [-0.1, -0.05) is 65.9 Å². The van der Waals surface area contributed by atoms with Gasteiger partial charge in [0.1, 0.15) is 5.82 Å². The lowest BCUT2D eigenvalue weighted by molar-refractivity contribution is -0.116. The SMILES string of the molecule is C=CCn1c(CC(=O)Nc2ccc(C)cc2C)nnc1SCC(=O)Nc1ccc2ccccc2c1. The molecule has 178 valence electrons. The van der Waals surface area contributed by atoms with Crippen LogP contribution >= 0.6 is 11.8 Å². The number of fused-ring (bicyclic) bond motifs is 1. The zero-order valence-corrected chi connectivity index (χ0v) is 20.6. The number of aryl methyl sites for hydroxylation is 2. The van der Waals surface area contributed by atoms with E-state index in [4.69, 9.17) is 0 Å². The van der Waals surface area contributed by atoms with E-state index >= 15 is 0 Å². The van der Waals surface area contributed by atoms with Gasteiger partial charge in [0.05, 0.1) is 12.2 Å². The van der Waals surface area contributed by atoms with Crippen molar-refractivity contribution in [3.63, 3.8) is 0 Å². The number of thioether (sulfide) groups is 1. The Labute approximate surface area is 208 Å². The summed E-state index contributed by atoms with van der Waals surface area (Å²) in [6.07, 6.45) is 1.78. The average molecular weight is 486 g/mol. The van der Waals surface area contributed by atoms with Crippen LogP contribution in [-0.4, -0.2) is 32.3 Å². The monoisotopic (exact) mass is 485 g/mol. The quantitative estimate of drug-likeness (QED) is 0.253. The second-order valence-corrected chi connectivity index (χ2v) is 9.18. The van der Waals surface area contributed by atoms with E-state index in [0.29, 0.717) is 17.5 Å². The van der Waals surface area contributed by atoms with Crippen molar-refractivity contribution >= 4 is 45.7 Å². The van der Waals surface area contributed by atoms with Gasteiger partial charge in [-0.15, -0.1) is 16.8 Å². The highest BCUT2D eigenvalue weighted by Crippen LogP contribution is 2.22. The first kappa shape index (κ1) is 24.2. The summed E-state index contributed by atoms with van der Waals surface area (Å²) in [5.74, 6) is 0.356. The summed E-state index contributed by atoms with van der Waals surface area (Å²) < 4.78 is 1.81. The first-order chi connectivity index (χ1) is 16.9. The maximum absolute atomic E-state index is 12.7. The standard InChI is InChI=1S/C27H27N5O2S/c1-4-13-32-24(16-25(33)29-23-12-9-18(2)14-19(23)3)30-31-27(32)35-17-26(34)28-22-11-10-20-7-5-6-8-21(20)15-22/h4-12,14-15H,1,13,16-17H2,2-3H3,(H,28,34)(H,29,33). The number of aromatic nitrogens is 3. The Hall–Kier alpha value is -3.91. The lowest BCUT2D eigenvalue weighted by Crippen LogP contribution is -2.18. The highest BCUT2D eigenvalue weighted by molar-refractivity contribution is 7.99. The molecule has 0 atom stereocenters. The number of nitrogens with zero attached hydrogens (tertiary/aromatic N) is 3. The van der Waals surface area contributed by atoms with E-state index in [2.05, 4.69) is 27.4 Å². The summed E-state index contributed by atoms with van der Waals surface area (Å²) in [5, 5.41) is 17.0. The van der Waals surface area contributed by atoms with Gasteiger partial charge in [-0.25, -0.2) is 0 Å². The van der Waals surface area contributed by atoms with Crippen LogP contribution in [0.5, 0.6) is 0 Å². The van der Waals surface area contributed by atoms with Crippen LogP contribution in [-0.2, 0) is 22.6 Å². The minimum atomic E-state index is -0.180. The molecule has 7 nitrogen and oxygen atoms in total. The molecule has 0 unspecified atom stereocenters. The lowest BCUT2D eigenvalue weighted by Gasteiger charge is -2.10. The number of carbonyl (C=O) groups is 2. The second-order valence-electron chi connectivity index (χ2n) is 8.24. The molecule has 0 aliphatic rings. The minimum absolute atomic E-state index is 0.0675. The Morgan fingerprint density at radius 3 is 2.54 bits per heavy atom. The van der Waals surface area contributed by atoms with Crippen LogP contribution < -0.4 is 10.6 Å². The summed E-state index contributed by atoms with van der Waals surface area (Å²) in [7, 11) is 0. The molecule has 2 N–H and O–H groups in total.